The molecule has 0 bridgehead atoms. The van der Waals surface area contributed by atoms with Crippen molar-refractivity contribution in [1.82, 2.24) is 4.98 Å². The summed E-state index contributed by atoms with van der Waals surface area (Å²) in [5.74, 6) is 0. The second kappa shape index (κ2) is 4.24. The molecule has 0 aliphatic rings. The molecule has 0 spiro atoms. The number of rotatable bonds is 3. The van der Waals surface area contributed by atoms with Crippen molar-refractivity contribution >= 4 is 16.9 Å². The molecule has 1 rings (SSSR count). The fourth-order valence-corrected chi connectivity index (χ4v) is 2.29. The number of thiazole rings is 1. The third-order valence-corrected chi connectivity index (χ3v) is 3.46. The van der Waals surface area contributed by atoms with Gasteiger partial charge in [-0.3, -0.25) is 0 Å². The van der Waals surface area contributed by atoms with E-state index in [1.165, 1.54) is 5.57 Å². The van der Waals surface area contributed by atoms with Crippen molar-refractivity contribution < 1.29 is 5.11 Å². The molecule has 78 valence electrons. The van der Waals surface area contributed by atoms with Crippen molar-refractivity contribution in [2.75, 3.05) is 0 Å². The fraction of sp³-hybridized carbons (Fsp3) is 0.545. The summed E-state index contributed by atoms with van der Waals surface area (Å²) in [4.78, 5) is 5.39. The summed E-state index contributed by atoms with van der Waals surface area (Å²) in [5.41, 5.74) is 0.466. The van der Waals surface area contributed by atoms with Gasteiger partial charge in [-0.15, -0.1) is 11.3 Å². The third kappa shape index (κ3) is 2.42. The van der Waals surface area contributed by atoms with Gasteiger partial charge in [0.05, 0.1) is 4.88 Å². The van der Waals surface area contributed by atoms with Gasteiger partial charge in [0.2, 0.25) is 0 Å². The maximum atomic E-state index is 9.76. The van der Waals surface area contributed by atoms with Crippen LogP contribution in [0.3, 0.4) is 0 Å². The van der Waals surface area contributed by atoms with E-state index in [2.05, 4.69) is 18.0 Å². The van der Waals surface area contributed by atoms with Crippen molar-refractivity contribution in [2.45, 2.75) is 39.7 Å². The van der Waals surface area contributed by atoms with Crippen LogP contribution in [0.1, 0.15) is 44.0 Å². The highest BCUT2D eigenvalue weighted by atomic mass is 32.1. The Labute approximate surface area is 89.3 Å². The van der Waals surface area contributed by atoms with Crippen molar-refractivity contribution in [3.05, 3.63) is 22.2 Å². The van der Waals surface area contributed by atoms with Gasteiger partial charge in [0, 0.05) is 6.20 Å². The summed E-state index contributed by atoms with van der Waals surface area (Å²) in [5, 5.41) is 10.5. The lowest BCUT2D eigenvalue weighted by Gasteiger charge is -2.12. The number of hydrogen-bond donors (Lipinski definition) is 1. The van der Waals surface area contributed by atoms with Gasteiger partial charge in [0.15, 0.2) is 0 Å². The Hall–Kier alpha value is -0.670. The van der Waals surface area contributed by atoms with Crippen LogP contribution in [0.5, 0.6) is 0 Å². The van der Waals surface area contributed by atoms with E-state index in [4.69, 9.17) is 0 Å². The SMILES string of the molecule is C/C=C(\CC)c1cnc(C(C)(C)O)s1. The van der Waals surface area contributed by atoms with E-state index in [0.29, 0.717) is 0 Å². The molecular formula is C11H17NOS. The first-order valence-electron chi connectivity index (χ1n) is 4.83. The Morgan fingerprint density at radius 2 is 2.29 bits per heavy atom. The van der Waals surface area contributed by atoms with E-state index in [0.717, 1.165) is 16.3 Å². The molecule has 0 radical (unpaired) electrons. The predicted molar refractivity (Wildman–Crippen MR) is 61.3 cm³/mol. The van der Waals surface area contributed by atoms with Crippen LogP contribution >= 0.6 is 11.3 Å². The number of aromatic nitrogens is 1. The summed E-state index contributed by atoms with van der Waals surface area (Å²) in [6, 6.07) is 0. The Kier molecular flexibility index (Phi) is 3.45. The van der Waals surface area contributed by atoms with E-state index in [1.54, 1.807) is 25.2 Å². The van der Waals surface area contributed by atoms with Crippen LogP contribution in [0.15, 0.2) is 12.3 Å². The lowest BCUT2D eigenvalue weighted by Crippen LogP contribution is -2.14. The molecule has 1 aromatic heterocycles. The van der Waals surface area contributed by atoms with Gasteiger partial charge in [-0.05, 0) is 32.8 Å². The fourth-order valence-electron chi connectivity index (χ4n) is 1.23. The zero-order chi connectivity index (χ0) is 10.8. The zero-order valence-electron chi connectivity index (χ0n) is 9.16. The van der Waals surface area contributed by atoms with Gasteiger partial charge >= 0.3 is 0 Å². The Bertz CT molecular complexity index is 333. The van der Waals surface area contributed by atoms with Crippen LogP contribution < -0.4 is 0 Å². The minimum Gasteiger partial charge on any atom is -0.383 e. The molecule has 1 aromatic rings. The molecule has 0 atom stereocenters. The monoisotopic (exact) mass is 211 g/mol. The first-order chi connectivity index (χ1) is 6.49. The molecule has 0 aromatic carbocycles. The number of nitrogens with zero attached hydrogens (tertiary/aromatic N) is 1. The summed E-state index contributed by atoms with van der Waals surface area (Å²) >= 11 is 1.57. The van der Waals surface area contributed by atoms with Crippen LogP contribution in [0, 0.1) is 0 Å². The van der Waals surface area contributed by atoms with Crippen molar-refractivity contribution in [3.63, 3.8) is 0 Å². The summed E-state index contributed by atoms with van der Waals surface area (Å²) in [6.45, 7) is 7.68. The lowest BCUT2D eigenvalue weighted by atomic mass is 10.1. The molecule has 0 fully saturated rings. The molecule has 2 nitrogen and oxygen atoms in total. The average molecular weight is 211 g/mol. The van der Waals surface area contributed by atoms with Gasteiger partial charge in [0.25, 0.3) is 0 Å². The minimum absolute atomic E-state index is 0.778. The number of aliphatic hydroxyl groups is 1. The van der Waals surface area contributed by atoms with Crippen molar-refractivity contribution in [3.8, 4) is 0 Å². The smallest absolute Gasteiger partial charge is 0.124 e. The molecule has 0 aliphatic carbocycles. The second-order valence-electron chi connectivity index (χ2n) is 3.76. The topological polar surface area (TPSA) is 33.1 Å². The number of hydrogen-bond acceptors (Lipinski definition) is 3. The quantitative estimate of drug-likeness (QED) is 0.833. The summed E-state index contributed by atoms with van der Waals surface area (Å²) < 4.78 is 0. The van der Waals surface area contributed by atoms with E-state index in [1.807, 2.05) is 13.1 Å². The molecule has 0 saturated carbocycles. The Morgan fingerprint density at radius 1 is 1.64 bits per heavy atom. The third-order valence-electron chi connectivity index (χ3n) is 2.07. The maximum Gasteiger partial charge on any atom is 0.124 e. The average Bonchev–Trinajstić information content (AvgIpc) is 2.54. The normalized spacial score (nSPS) is 13.4. The van der Waals surface area contributed by atoms with Crippen molar-refractivity contribution in [2.24, 2.45) is 0 Å². The molecule has 0 aliphatic heterocycles. The molecule has 1 N–H and O–H groups in total. The Balaban J connectivity index is 2.99. The molecular weight excluding hydrogens is 194 g/mol. The zero-order valence-corrected chi connectivity index (χ0v) is 9.98. The largest absolute Gasteiger partial charge is 0.383 e. The van der Waals surface area contributed by atoms with E-state index in [9.17, 15) is 5.11 Å². The van der Waals surface area contributed by atoms with Crippen LogP contribution in [-0.2, 0) is 5.60 Å². The van der Waals surface area contributed by atoms with Crippen molar-refractivity contribution in [1.29, 1.82) is 0 Å². The van der Waals surface area contributed by atoms with Crippen LogP contribution in [-0.4, -0.2) is 10.1 Å². The molecule has 14 heavy (non-hydrogen) atoms. The predicted octanol–water partition coefficient (Wildman–Crippen LogP) is 3.18. The van der Waals surface area contributed by atoms with Crippen LogP contribution in [0.2, 0.25) is 0 Å². The van der Waals surface area contributed by atoms with Gasteiger partial charge in [-0.2, -0.15) is 0 Å². The van der Waals surface area contributed by atoms with Gasteiger partial charge in [-0.25, -0.2) is 4.98 Å². The van der Waals surface area contributed by atoms with Gasteiger partial charge in [0.1, 0.15) is 10.6 Å². The van der Waals surface area contributed by atoms with Crippen LogP contribution in [0.4, 0.5) is 0 Å². The van der Waals surface area contributed by atoms with Gasteiger partial charge < -0.3 is 5.11 Å². The second-order valence-corrected chi connectivity index (χ2v) is 4.79. The molecule has 0 amide bonds. The molecule has 3 heteroatoms. The summed E-state index contributed by atoms with van der Waals surface area (Å²) in [6.07, 6.45) is 4.95. The van der Waals surface area contributed by atoms with E-state index >= 15 is 0 Å². The molecule has 1 heterocycles. The highest BCUT2D eigenvalue weighted by Gasteiger charge is 2.20. The minimum atomic E-state index is -0.824. The first-order valence-corrected chi connectivity index (χ1v) is 5.65. The highest BCUT2D eigenvalue weighted by molar-refractivity contribution is 7.12. The Morgan fingerprint density at radius 3 is 2.64 bits per heavy atom. The van der Waals surface area contributed by atoms with E-state index < -0.39 is 5.60 Å². The maximum absolute atomic E-state index is 9.76. The lowest BCUT2D eigenvalue weighted by molar-refractivity contribution is 0.0783. The first kappa shape index (κ1) is 11.4. The summed E-state index contributed by atoms with van der Waals surface area (Å²) in [7, 11) is 0. The highest BCUT2D eigenvalue weighted by Crippen LogP contribution is 2.29. The molecule has 0 saturated heterocycles. The van der Waals surface area contributed by atoms with Gasteiger partial charge in [-0.1, -0.05) is 13.0 Å². The standard InChI is InChI=1S/C11H17NOS/c1-5-8(6-2)9-7-12-10(14-9)11(3,4)13/h5,7,13H,6H2,1-4H3/b8-5+. The number of allylic oxidation sites excluding steroid dienone is 2. The van der Waals surface area contributed by atoms with E-state index in [-0.39, 0.29) is 0 Å². The molecule has 0 unspecified atom stereocenters. The van der Waals surface area contributed by atoms with Crippen LogP contribution in [0.25, 0.3) is 5.57 Å².